The van der Waals surface area contributed by atoms with Crippen LogP contribution in [0.2, 0.25) is 5.02 Å². The molecule has 0 amide bonds. The molecule has 1 unspecified atom stereocenters. The molecule has 1 atom stereocenters. The van der Waals surface area contributed by atoms with E-state index in [1.807, 2.05) is 18.2 Å². The summed E-state index contributed by atoms with van der Waals surface area (Å²) in [6.45, 7) is 1.73. The molecule has 0 bridgehead atoms. The van der Waals surface area contributed by atoms with Crippen molar-refractivity contribution in [1.82, 2.24) is 4.90 Å². The Bertz CT molecular complexity index is 806. The number of aliphatic hydroxyl groups is 1. The van der Waals surface area contributed by atoms with Gasteiger partial charge < -0.3 is 5.11 Å². The lowest BCUT2D eigenvalue weighted by Crippen LogP contribution is -2.33. The molecule has 1 aliphatic carbocycles. The zero-order chi connectivity index (χ0) is 22.3. The minimum absolute atomic E-state index is 0.0479. The summed E-state index contributed by atoms with van der Waals surface area (Å²) in [7, 11) is 0. The van der Waals surface area contributed by atoms with Gasteiger partial charge in [-0.1, -0.05) is 73.3 Å². The van der Waals surface area contributed by atoms with Crippen LogP contribution in [-0.2, 0) is 12.7 Å². The molecule has 170 valence electrons. The van der Waals surface area contributed by atoms with Gasteiger partial charge in [-0.15, -0.1) is 0 Å². The largest absolute Gasteiger partial charge is 0.417 e. The average molecular weight is 454 g/mol. The molecule has 1 saturated carbocycles. The fourth-order valence-electron chi connectivity index (χ4n) is 4.73. The normalized spacial score (nSPS) is 16.6. The number of hydrogen-bond acceptors (Lipinski definition) is 2. The second kappa shape index (κ2) is 11.3. The maximum absolute atomic E-state index is 13.3. The Morgan fingerprint density at radius 3 is 2.35 bits per heavy atom. The zero-order valence-electron chi connectivity index (χ0n) is 17.8. The van der Waals surface area contributed by atoms with Crippen molar-refractivity contribution in [2.75, 3.05) is 19.7 Å². The highest BCUT2D eigenvalue weighted by molar-refractivity contribution is 6.32. The van der Waals surface area contributed by atoms with Crippen molar-refractivity contribution < 1.29 is 18.3 Å². The minimum atomic E-state index is -4.47. The molecule has 0 aromatic heterocycles. The Morgan fingerprint density at radius 1 is 1.00 bits per heavy atom. The lowest BCUT2D eigenvalue weighted by Gasteiger charge is -2.35. The molecule has 2 aromatic carbocycles. The molecular formula is C25H31ClF3NO. The molecule has 0 heterocycles. The van der Waals surface area contributed by atoms with Crippen LogP contribution in [0.15, 0.2) is 48.5 Å². The van der Waals surface area contributed by atoms with E-state index in [1.54, 1.807) is 6.07 Å². The van der Waals surface area contributed by atoms with Gasteiger partial charge in [0, 0.05) is 26.2 Å². The van der Waals surface area contributed by atoms with Gasteiger partial charge in [-0.3, -0.25) is 4.90 Å². The maximum atomic E-state index is 13.3. The van der Waals surface area contributed by atoms with Crippen molar-refractivity contribution in [1.29, 1.82) is 0 Å². The molecule has 0 saturated heterocycles. The highest BCUT2D eigenvalue weighted by Gasteiger charge is 2.34. The summed E-state index contributed by atoms with van der Waals surface area (Å²) in [5.41, 5.74) is 0.962. The van der Waals surface area contributed by atoms with E-state index in [0.717, 1.165) is 12.6 Å². The molecule has 2 aromatic rings. The molecule has 1 aliphatic rings. The summed E-state index contributed by atoms with van der Waals surface area (Å²) in [6, 6.07) is 14.5. The van der Waals surface area contributed by atoms with E-state index < -0.39 is 11.7 Å². The topological polar surface area (TPSA) is 23.5 Å². The number of rotatable bonds is 9. The van der Waals surface area contributed by atoms with Gasteiger partial charge in [-0.25, -0.2) is 0 Å². The Hall–Kier alpha value is -1.56. The highest BCUT2D eigenvalue weighted by Crippen LogP contribution is 2.39. The molecule has 6 heteroatoms. The van der Waals surface area contributed by atoms with Crippen LogP contribution in [0.25, 0.3) is 0 Å². The van der Waals surface area contributed by atoms with E-state index in [1.165, 1.54) is 43.7 Å². The lowest BCUT2D eigenvalue weighted by molar-refractivity contribution is -0.137. The molecule has 1 N–H and O–H groups in total. The van der Waals surface area contributed by atoms with Crippen LogP contribution in [0, 0.1) is 5.92 Å². The highest BCUT2D eigenvalue weighted by atomic mass is 35.5. The summed E-state index contributed by atoms with van der Waals surface area (Å²) < 4.78 is 39.9. The van der Waals surface area contributed by atoms with Crippen molar-refractivity contribution in [3.63, 3.8) is 0 Å². The third-order valence-electron chi connectivity index (χ3n) is 6.31. The van der Waals surface area contributed by atoms with Crippen LogP contribution in [0.3, 0.4) is 0 Å². The molecule has 0 aliphatic heterocycles. The van der Waals surface area contributed by atoms with Crippen molar-refractivity contribution in [2.45, 2.75) is 57.2 Å². The smallest absolute Gasteiger partial charge is 0.396 e. The Kier molecular flexibility index (Phi) is 8.82. The van der Waals surface area contributed by atoms with Crippen LogP contribution in [-0.4, -0.2) is 29.7 Å². The number of hydrogen-bond donors (Lipinski definition) is 1. The van der Waals surface area contributed by atoms with E-state index >= 15 is 0 Å². The molecular weight excluding hydrogens is 423 g/mol. The Morgan fingerprint density at radius 2 is 1.71 bits per heavy atom. The van der Waals surface area contributed by atoms with Crippen LogP contribution in [0.5, 0.6) is 0 Å². The van der Waals surface area contributed by atoms with Crippen molar-refractivity contribution >= 4 is 11.6 Å². The van der Waals surface area contributed by atoms with Crippen LogP contribution in [0.4, 0.5) is 13.2 Å². The number of halogens is 4. The lowest BCUT2D eigenvalue weighted by atomic mass is 9.76. The first-order valence-electron chi connectivity index (χ1n) is 11.1. The molecule has 0 radical (unpaired) electrons. The van der Waals surface area contributed by atoms with Crippen LogP contribution < -0.4 is 0 Å². The van der Waals surface area contributed by atoms with E-state index in [2.05, 4.69) is 17.0 Å². The number of nitrogens with zero attached hydrogens (tertiary/aromatic N) is 1. The maximum Gasteiger partial charge on any atom is 0.417 e. The van der Waals surface area contributed by atoms with E-state index in [4.69, 9.17) is 11.6 Å². The average Bonchev–Trinajstić information content (AvgIpc) is 2.77. The van der Waals surface area contributed by atoms with Gasteiger partial charge in [0.25, 0.3) is 0 Å². The summed E-state index contributed by atoms with van der Waals surface area (Å²) >= 11 is 6.18. The summed E-state index contributed by atoms with van der Waals surface area (Å²) in [5, 5.41) is 9.16. The first kappa shape index (κ1) is 24.1. The summed E-state index contributed by atoms with van der Waals surface area (Å²) in [4.78, 5) is 2.16. The third-order valence-corrected chi connectivity index (χ3v) is 6.76. The van der Waals surface area contributed by atoms with Crippen LogP contribution in [0.1, 0.15) is 61.1 Å². The fraction of sp³-hybridized carbons (Fsp3) is 0.520. The van der Waals surface area contributed by atoms with Gasteiger partial charge in [0.05, 0.1) is 10.6 Å². The van der Waals surface area contributed by atoms with Gasteiger partial charge in [0.1, 0.15) is 0 Å². The fourth-order valence-corrected chi connectivity index (χ4v) is 5.03. The van der Waals surface area contributed by atoms with Crippen molar-refractivity contribution in [2.24, 2.45) is 5.92 Å². The van der Waals surface area contributed by atoms with Gasteiger partial charge >= 0.3 is 6.18 Å². The standard InChI is InChI=1S/C25H31ClF3NO/c26-24-21(13-7-14-23(24)25(27,28)29)17-30(15-8-16-31)18-22(19-9-3-1-4-10-19)20-11-5-2-6-12-20/h1,3-4,7,9-10,13-14,20,22,31H,2,5-6,8,11-12,15-18H2. The Labute approximate surface area is 188 Å². The number of aliphatic hydroxyl groups excluding tert-OH is 1. The zero-order valence-corrected chi connectivity index (χ0v) is 18.5. The number of benzene rings is 2. The summed E-state index contributed by atoms with van der Waals surface area (Å²) in [6.07, 6.45) is 2.18. The van der Waals surface area contributed by atoms with Gasteiger partial charge in [-0.05, 0) is 48.3 Å². The predicted octanol–water partition coefficient (Wildman–Crippen LogP) is 6.91. The molecule has 0 spiro atoms. The quantitative estimate of drug-likeness (QED) is 0.446. The molecule has 31 heavy (non-hydrogen) atoms. The molecule has 3 rings (SSSR count). The van der Waals surface area contributed by atoms with Crippen molar-refractivity contribution in [3.8, 4) is 0 Å². The minimum Gasteiger partial charge on any atom is -0.396 e. The van der Waals surface area contributed by atoms with Gasteiger partial charge in [0.2, 0.25) is 0 Å². The van der Waals surface area contributed by atoms with Crippen molar-refractivity contribution in [3.05, 3.63) is 70.2 Å². The Balaban J connectivity index is 1.85. The van der Waals surface area contributed by atoms with Gasteiger partial charge in [0.15, 0.2) is 0 Å². The number of alkyl halides is 3. The molecule has 2 nitrogen and oxygen atoms in total. The van der Waals surface area contributed by atoms with E-state index in [0.29, 0.717) is 36.9 Å². The van der Waals surface area contributed by atoms with Crippen LogP contribution >= 0.6 is 11.6 Å². The van der Waals surface area contributed by atoms with E-state index in [-0.39, 0.29) is 11.6 Å². The van der Waals surface area contributed by atoms with Gasteiger partial charge in [-0.2, -0.15) is 13.2 Å². The molecule has 1 fully saturated rings. The first-order chi connectivity index (χ1) is 14.9. The first-order valence-corrected chi connectivity index (χ1v) is 11.5. The van der Waals surface area contributed by atoms with E-state index in [9.17, 15) is 18.3 Å². The second-order valence-electron chi connectivity index (χ2n) is 8.50. The monoisotopic (exact) mass is 453 g/mol. The second-order valence-corrected chi connectivity index (χ2v) is 8.88. The third kappa shape index (κ3) is 6.71. The SMILES string of the molecule is OCCCN(Cc1cccc(C(F)(F)F)c1Cl)CC(c1ccccc1)C1CCCCC1. The summed E-state index contributed by atoms with van der Waals surface area (Å²) in [5.74, 6) is 0.870. The predicted molar refractivity (Wildman–Crippen MR) is 119 cm³/mol.